The van der Waals surface area contributed by atoms with Crippen molar-refractivity contribution < 1.29 is 19.0 Å². The van der Waals surface area contributed by atoms with Crippen molar-refractivity contribution in [1.29, 1.82) is 0 Å². The van der Waals surface area contributed by atoms with Gasteiger partial charge in [0.25, 0.3) is 5.91 Å². The highest BCUT2D eigenvalue weighted by molar-refractivity contribution is 5.95. The maximum absolute atomic E-state index is 11.4. The Hall–Kier alpha value is -2.69. The average Bonchev–Trinajstić information content (AvgIpc) is 2.54. The summed E-state index contributed by atoms with van der Waals surface area (Å²) in [5, 5.41) is 0. The molecule has 2 aromatic rings. The smallest absolute Gasteiger partial charge is 0.252 e. The minimum atomic E-state index is -0.543. The van der Waals surface area contributed by atoms with Gasteiger partial charge in [-0.1, -0.05) is 12.1 Å². The Morgan fingerprint density at radius 3 is 2.35 bits per heavy atom. The van der Waals surface area contributed by atoms with Crippen LogP contribution in [0, 0.1) is 13.8 Å². The average molecular weight is 315 g/mol. The van der Waals surface area contributed by atoms with Crippen molar-refractivity contribution in [2.24, 2.45) is 5.73 Å². The molecule has 0 saturated carbocycles. The number of amides is 1. The first kappa shape index (κ1) is 16.7. The molecule has 0 aliphatic carbocycles. The van der Waals surface area contributed by atoms with Crippen LogP contribution in [0.5, 0.6) is 17.2 Å². The fourth-order valence-electron chi connectivity index (χ4n) is 2.12. The maximum atomic E-state index is 11.4. The quantitative estimate of drug-likeness (QED) is 0.798. The third-order valence-electron chi connectivity index (χ3n) is 3.40. The second kappa shape index (κ2) is 7.54. The lowest BCUT2D eigenvalue weighted by molar-refractivity contribution is 0.0995. The van der Waals surface area contributed by atoms with Crippen LogP contribution in [0.3, 0.4) is 0 Å². The van der Waals surface area contributed by atoms with Gasteiger partial charge < -0.3 is 19.9 Å². The molecule has 122 valence electrons. The van der Waals surface area contributed by atoms with Gasteiger partial charge in [-0.15, -0.1) is 0 Å². The molecule has 2 aromatic carbocycles. The largest absolute Gasteiger partial charge is 0.497 e. The number of ether oxygens (including phenoxy) is 3. The second-order valence-electron chi connectivity index (χ2n) is 5.19. The maximum Gasteiger partial charge on any atom is 0.252 e. The number of aryl methyl sites for hydroxylation is 2. The molecule has 23 heavy (non-hydrogen) atoms. The van der Waals surface area contributed by atoms with E-state index in [9.17, 15) is 4.79 Å². The highest BCUT2D eigenvalue weighted by Gasteiger charge is 2.11. The summed E-state index contributed by atoms with van der Waals surface area (Å²) in [5.74, 6) is 1.27. The summed E-state index contributed by atoms with van der Waals surface area (Å²) in [6.45, 7) is 4.65. The molecule has 0 aliphatic heterocycles. The van der Waals surface area contributed by atoms with E-state index in [0.717, 1.165) is 16.9 Å². The van der Waals surface area contributed by atoms with Crippen molar-refractivity contribution in [1.82, 2.24) is 0 Å². The molecule has 0 heterocycles. The van der Waals surface area contributed by atoms with Gasteiger partial charge in [0.1, 0.15) is 30.5 Å². The highest BCUT2D eigenvalue weighted by Crippen LogP contribution is 2.25. The van der Waals surface area contributed by atoms with Crippen molar-refractivity contribution in [3.8, 4) is 17.2 Å². The van der Waals surface area contributed by atoms with Gasteiger partial charge in [-0.2, -0.15) is 0 Å². The van der Waals surface area contributed by atoms with Crippen molar-refractivity contribution in [3.63, 3.8) is 0 Å². The molecule has 0 unspecified atom stereocenters. The third kappa shape index (κ3) is 4.39. The van der Waals surface area contributed by atoms with Gasteiger partial charge in [0.2, 0.25) is 0 Å². The summed E-state index contributed by atoms with van der Waals surface area (Å²) in [4.78, 5) is 11.4. The van der Waals surface area contributed by atoms with Gasteiger partial charge in [0, 0.05) is 6.07 Å². The van der Waals surface area contributed by atoms with Crippen LogP contribution in [0.25, 0.3) is 0 Å². The van der Waals surface area contributed by atoms with E-state index in [0.29, 0.717) is 30.3 Å². The minimum absolute atomic E-state index is 0.292. The van der Waals surface area contributed by atoms with Crippen LogP contribution in [0.2, 0.25) is 0 Å². The predicted octanol–water partition coefficient (Wildman–Crippen LogP) is 2.87. The molecule has 0 bridgehead atoms. The number of carbonyl (C=O) groups is 1. The molecule has 0 atom stereocenters. The SMILES string of the molecule is COc1ccc(C(N)=O)c(OCCOc2cc(C)ccc2C)c1. The van der Waals surface area contributed by atoms with E-state index in [1.807, 2.05) is 32.0 Å². The Labute approximate surface area is 136 Å². The van der Waals surface area contributed by atoms with E-state index in [1.165, 1.54) is 0 Å². The van der Waals surface area contributed by atoms with E-state index in [2.05, 4.69) is 0 Å². The molecule has 5 heteroatoms. The van der Waals surface area contributed by atoms with E-state index in [4.69, 9.17) is 19.9 Å². The Kier molecular flexibility index (Phi) is 5.46. The topological polar surface area (TPSA) is 70.8 Å². The van der Waals surface area contributed by atoms with Crippen LogP contribution in [0.1, 0.15) is 21.5 Å². The number of methoxy groups -OCH3 is 1. The summed E-state index contributed by atoms with van der Waals surface area (Å²) in [6.07, 6.45) is 0. The molecule has 2 rings (SSSR count). The van der Waals surface area contributed by atoms with E-state index < -0.39 is 5.91 Å². The van der Waals surface area contributed by atoms with Crippen LogP contribution in [0.15, 0.2) is 36.4 Å². The monoisotopic (exact) mass is 315 g/mol. The van der Waals surface area contributed by atoms with Gasteiger partial charge in [-0.3, -0.25) is 4.79 Å². The van der Waals surface area contributed by atoms with Crippen LogP contribution >= 0.6 is 0 Å². The van der Waals surface area contributed by atoms with Gasteiger partial charge in [-0.05, 0) is 43.2 Å². The summed E-state index contributed by atoms with van der Waals surface area (Å²) < 4.78 is 16.5. The van der Waals surface area contributed by atoms with Gasteiger partial charge in [0.05, 0.1) is 12.7 Å². The first-order valence-corrected chi connectivity index (χ1v) is 7.32. The van der Waals surface area contributed by atoms with Crippen molar-refractivity contribution >= 4 is 5.91 Å². The Morgan fingerprint density at radius 2 is 1.70 bits per heavy atom. The molecular weight excluding hydrogens is 294 g/mol. The highest BCUT2D eigenvalue weighted by atomic mass is 16.5. The zero-order chi connectivity index (χ0) is 16.8. The number of nitrogens with two attached hydrogens (primary N) is 1. The molecule has 5 nitrogen and oxygen atoms in total. The summed E-state index contributed by atoms with van der Waals surface area (Å²) >= 11 is 0. The van der Waals surface area contributed by atoms with Crippen LogP contribution in [0.4, 0.5) is 0 Å². The van der Waals surface area contributed by atoms with Gasteiger partial charge in [0.15, 0.2) is 0 Å². The fraction of sp³-hybridized carbons (Fsp3) is 0.278. The molecule has 0 spiro atoms. The molecule has 1 amide bonds. The number of primary amides is 1. The van der Waals surface area contributed by atoms with E-state index >= 15 is 0 Å². The number of rotatable bonds is 7. The van der Waals surface area contributed by atoms with Crippen LogP contribution < -0.4 is 19.9 Å². The Bertz CT molecular complexity index is 697. The lowest BCUT2D eigenvalue weighted by Crippen LogP contribution is -2.15. The Balaban J connectivity index is 1.98. The predicted molar refractivity (Wildman–Crippen MR) is 88.4 cm³/mol. The lowest BCUT2D eigenvalue weighted by atomic mass is 10.1. The fourth-order valence-corrected chi connectivity index (χ4v) is 2.12. The first-order valence-electron chi connectivity index (χ1n) is 7.32. The van der Waals surface area contributed by atoms with Crippen LogP contribution in [-0.4, -0.2) is 26.2 Å². The number of benzene rings is 2. The molecule has 2 N–H and O–H groups in total. The zero-order valence-corrected chi connectivity index (χ0v) is 13.6. The molecule has 0 aliphatic rings. The number of hydrogen-bond donors (Lipinski definition) is 1. The molecular formula is C18H21NO4. The van der Waals surface area contributed by atoms with Gasteiger partial charge >= 0.3 is 0 Å². The third-order valence-corrected chi connectivity index (χ3v) is 3.40. The Morgan fingerprint density at radius 1 is 1.00 bits per heavy atom. The van der Waals surface area contributed by atoms with Crippen molar-refractivity contribution in [3.05, 3.63) is 53.1 Å². The van der Waals surface area contributed by atoms with E-state index in [-0.39, 0.29) is 0 Å². The summed E-state index contributed by atoms with van der Waals surface area (Å²) in [5.41, 5.74) is 7.86. The van der Waals surface area contributed by atoms with Gasteiger partial charge in [-0.25, -0.2) is 0 Å². The van der Waals surface area contributed by atoms with E-state index in [1.54, 1.807) is 25.3 Å². The summed E-state index contributed by atoms with van der Waals surface area (Å²) in [7, 11) is 1.55. The number of carbonyl (C=O) groups excluding carboxylic acids is 1. The lowest BCUT2D eigenvalue weighted by Gasteiger charge is -2.13. The standard InChI is InChI=1S/C18H21NO4/c1-12-4-5-13(2)16(10-12)22-8-9-23-17-11-14(21-3)6-7-15(17)18(19)20/h4-7,10-11H,8-9H2,1-3H3,(H2,19,20). The minimum Gasteiger partial charge on any atom is -0.497 e. The first-order chi connectivity index (χ1) is 11.0. The normalized spacial score (nSPS) is 10.2. The molecule has 0 fully saturated rings. The number of hydrogen-bond acceptors (Lipinski definition) is 4. The summed E-state index contributed by atoms with van der Waals surface area (Å²) in [6, 6.07) is 10.9. The molecule has 0 radical (unpaired) electrons. The van der Waals surface area contributed by atoms with Crippen molar-refractivity contribution in [2.75, 3.05) is 20.3 Å². The molecule has 0 saturated heterocycles. The molecule has 0 aromatic heterocycles. The second-order valence-corrected chi connectivity index (χ2v) is 5.19. The van der Waals surface area contributed by atoms with Crippen molar-refractivity contribution in [2.45, 2.75) is 13.8 Å². The zero-order valence-electron chi connectivity index (χ0n) is 13.6. The van der Waals surface area contributed by atoms with Crippen LogP contribution in [-0.2, 0) is 0 Å².